The van der Waals surface area contributed by atoms with Crippen LogP contribution in [0.2, 0.25) is 0 Å². The largest absolute Gasteiger partial charge is 0.469 e. The number of hydrogen-bond donors (Lipinski definition) is 1. The number of rotatable bonds is 2. The van der Waals surface area contributed by atoms with Crippen LogP contribution in [0.1, 0.15) is 5.76 Å². The van der Waals surface area contributed by atoms with Gasteiger partial charge in [-0.25, -0.2) is 0 Å². The average Bonchev–Trinajstić information content (AvgIpc) is 2.72. The van der Waals surface area contributed by atoms with Crippen LogP contribution in [0.25, 0.3) is 0 Å². The number of nitrogens with zero attached hydrogens (tertiary/aromatic N) is 1. The molecule has 0 saturated carbocycles. The summed E-state index contributed by atoms with van der Waals surface area (Å²) in [4.78, 5) is 13.6. The second-order valence-electron chi connectivity index (χ2n) is 3.39. The van der Waals surface area contributed by atoms with Crippen LogP contribution in [-0.4, -0.2) is 37.0 Å². The van der Waals surface area contributed by atoms with Crippen molar-refractivity contribution in [1.82, 2.24) is 10.2 Å². The lowest BCUT2D eigenvalue weighted by Crippen LogP contribution is -2.46. The van der Waals surface area contributed by atoms with Crippen LogP contribution in [0, 0.1) is 0 Å². The molecule has 1 N–H and O–H groups in total. The van der Waals surface area contributed by atoms with E-state index in [4.69, 9.17) is 4.42 Å². The second kappa shape index (κ2) is 4.28. The highest BCUT2D eigenvalue weighted by Gasteiger charge is 2.16. The standard InChI is InChI=1S/C10H14N2O2/c13-10(8-9-2-1-7-14-9)12-5-3-11-4-6-12/h1-2,7,11H,3-6,8H2. The van der Waals surface area contributed by atoms with Gasteiger partial charge in [0.2, 0.25) is 5.91 Å². The molecule has 76 valence electrons. The lowest BCUT2D eigenvalue weighted by molar-refractivity contribution is -0.131. The smallest absolute Gasteiger partial charge is 0.230 e. The van der Waals surface area contributed by atoms with Crippen molar-refractivity contribution < 1.29 is 9.21 Å². The number of carbonyl (C=O) groups is 1. The number of piperazine rings is 1. The molecule has 0 radical (unpaired) electrons. The SMILES string of the molecule is O=C(Cc1ccco1)N1CCNCC1. The van der Waals surface area contributed by atoms with Crippen molar-refractivity contribution >= 4 is 5.91 Å². The maximum Gasteiger partial charge on any atom is 0.230 e. The predicted molar refractivity (Wildman–Crippen MR) is 51.9 cm³/mol. The van der Waals surface area contributed by atoms with Gasteiger partial charge in [0, 0.05) is 26.2 Å². The van der Waals surface area contributed by atoms with Gasteiger partial charge in [-0.05, 0) is 12.1 Å². The first kappa shape index (κ1) is 9.27. The van der Waals surface area contributed by atoms with E-state index >= 15 is 0 Å². The van der Waals surface area contributed by atoms with Crippen molar-refractivity contribution in [2.45, 2.75) is 6.42 Å². The number of furan rings is 1. The van der Waals surface area contributed by atoms with E-state index in [0.29, 0.717) is 6.42 Å². The fraction of sp³-hybridized carbons (Fsp3) is 0.500. The van der Waals surface area contributed by atoms with Gasteiger partial charge < -0.3 is 14.6 Å². The number of carbonyl (C=O) groups excluding carboxylic acids is 1. The molecule has 1 aromatic heterocycles. The van der Waals surface area contributed by atoms with Gasteiger partial charge in [0.05, 0.1) is 12.7 Å². The van der Waals surface area contributed by atoms with Gasteiger partial charge in [-0.15, -0.1) is 0 Å². The summed E-state index contributed by atoms with van der Waals surface area (Å²) in [6, 6.07) is 3.64. The molecule has 0 bridgehead atoms. The van der Waals surface area contributed by atoms with Crippen molar-refractivity contribution in [2.75, 3.05) is 26.2 Å². The Labute approximate surface area is 82.9 Å². The van der Waals surface area contributed by atoms with E-state index in [1.54, 1.807) is 12.3 Å². The van der Waals surface area contributed by atoms with Crippen molar-refractivity contribution in [3.05, 3.63) is 24.2 Å². The van der Waals surface area contributed by atoms with Gasteiger partial charge in [0.15, 0.2) is 0 Å². The molecule has 0 atom stereocenters. The van der Waals surface area contributed by atoms with E-state index in [1.165, 1.54) is 0 Å². The van der Waals surface area contributed by atoms with Crippen molar-refractivity contribution in [3.63, 3.8) is 0 Å². The molecule has 0 unspecified atom stereocenters. The van der Waals surface area contributed by atoms with Gasteiger partial charge in [-0.2, -0.15) is 0 Å². The normalized spacial score (nSPS) is 17.0. The summed E-state index contributed by atoms with van der Waals surface area (Å²) in [5.74, 6) is 0.898. The highest BCUT2D eigenvalue weighted by molar-refractivity contribution is 5.78. The summed E-state index contributed by atoms with van der Waals surface area (Å²) in [6.07, 6.45) is 1.98. The van der Waals surface area contributed by atoms with E-state index in [9.17, 15) is 4.79 Å². The second-order valence-corrected chi connectivity index (χ2v) is 3.39. The summed E-state index contributed by atoms with van der Waals surface area (Å²) in [7, 11) is 0. The van der Waals surface area contributed by atoms with E-state index in [1.807, 2.05) is 11.0 Å². The highest BCUT2D eigenvalue weighted by atomic mass is 16.3. The molecule has 4 heteroatoms. The fourth-order valence-electron chi connectivity index (χ4n) is 1.59. The minimum atomic E-state index is 0.154. The fourth-order valence-corrected chi connectivity index (χ4v) is 1.59. The zero-order valence-corrected chi connectivity index (χ0v) is 8.03. The predicted octanol–water partition coefficient (Wildman–Crippen LogP) is 0.254. The zero-order valence-electron chi connectivity index (χ0n) is 8.03. The molecule has 1 saturated heterocycles. The number of nitrogens with one attached hydrogen (secondary N) is 1. The van der Waals surface area contributed by atoms with Crippen LogP contribution in [0.15, 0.2) is 22.8 Å². The Morgan fingerprint density at radius 2 is 2.29 bits per heavy atom. The van der Waals surface area contributed by atoms with Crippen molar-refractivity contribution in [1.29, 1.82) is 0 Å². The van der Waals surface area contributed by atoms with E-state index in [2.05, 4.69) is 5.32 Å². The lowest BCUT2D eigenvalue weighted by atomic mass is 10.2. The molecule has 1 aliphatic rings. The molecule has 2 rings (SSSR count). The van der Waals surface area contributed by atoms with Crippen LogP contribution in [-0.2, 0) is 11.2 Å². The monoisotopic (exact) mass is 194 g/mol. The highest BCUT2D eigenvalue weighted by Crippen LogP contribution is 2.04. The average molecular weight is 194 g/mol. The molecule has 0 aromatic carbocycles. The van der Waals surface area contributed by atoms with Gasteiger partial charge in [-0.1, -0.05) is 0 Å². The first-order valence-corrected chi connectivity index (χ1v) is 4.87. The Hall–Kier alpha value is -1.29. The molecular formula is C10H14N2O2. The van der Waals surface area contributed by atoms with Gasteiger partial charge in [0.25, 0.3) is 0 Å². The molecule has 1 aromatic rings. The van der Waals surface area contributed by atoms with Gasteiger partial charge in [0.1, 0.15) is 5.76 Å². The Morgan fingerprint density at radius 3 is 2.93 bits per heavy atom. The Kier molecular flexibility index (Phi) is 2.84. The van der Waals surface area contributed by atoms with Crippen molar-refractivity contribution in [2.24, 2.45) is 0 Å². The van der Waals surface area contributed by atoms with Crippen LogP contribution in [0.3, 0.4) is 0 Å². The number of hydrogen-bond acceptors (Lipinski definition) is 3. The molecule has 4 nitrogen and oxygen atoms in total. The zero-order chi connectivity index (χ0) is 9.80. The molecule has 14 heavy (non-hydrogen) atoms. The van der Waals surface area contributed by atoms with Gasteiger partial charge >= 0.3 is 0 Å². The summed E-state index contributed by atoms with van der Waals surface area (Å²) in [5.41, 5.74) is 0. The maximum atomic E-state index is 11.7. The Morgan fingerprint density at radius 1 is 1.50 bits per heavy atom. The third kappa shape index (κ3) is 2.14. The van der Waals surface area contributed by atoms with Gasteiger partial charge in [-0.3, -0.25) is 4.79 Å². The van der Waals surface area contributed by atoms with Crippen LogP contribution in [0.4, 0.5) is 0 Å². The Bertz CT molecular complexity index is 289. The first-order chi connectivity index (χ1) is 6.86. The molecule has 1 aliphatic heterocycles. The Balaban J connectivity index is 1.88. The third-order valence-corrected chi connectivity index (χ3v) is 2.38. The van der Waals surface area contributed by atoms with Crippen molar-refractivity contribution in [3.8, 4) is 0 Å². The summed E-state index contributed by atoms with van der Waals surface area (Å²) in [5, 5.41) is 3.21. The summed E-state index contributed by atoms with van der Waals surface area (Å²) in [6.45, 7) is 3.40. The van der Waals surface area contributed by atoms with E-state index in [0.717, 1.165) is 31.9 Å². The summed E-state index contributed by atoms with van der Waals surface area (Å²) < 4.78 is 5.13. The topological polar surface area (TPSA) is 45.5 Å². The number of amides is 1. The third-order valence-electron chi connectivity index (χ3n) is 2.38. The molecule has 1 amide bonds. The van der Waals surface area contributed by atoms with Crippen LogP contribution >= 0.6 is 0 Å². The molecule has 1 fully saturated rings. The van der Waals surface area contributed by atoms with E-state index in [-0.39, 0.29) is 5.91 Å². The maximum absolute atomic E-state index is 11.7. The first-order valence-electron chi connectivity index (χ1n) is 4.87. The van der Waals surface area contributed by atoms with Crippen LogP contribution < -0.4 is 5.32 Å². The quantitative estimate of drug-likeness (QED) is 0.734. The molecule has 0 aliphatic carbocycles. The minimum Gasteiger partial charge on any atom is -0.469 e. The van der Waals surface area contributed by atoms with E-state index < -0.39 is 0 Å². The molecule has 2 heterocycles. The molecular weight excluding hydrogens is 180 g/mol. The van der Waals surface area contributed by atoms with Crippen LogP contribution in [0.5, 0.6) is 0 Å². The summed E-state index contributed by atoms with van der Waals surface area (Å²) >= 11 is 0. The minimum absolute atomic E-state index is 0.154. The molecule has 0 spiro atoms. The lowest BCUT2D eigenvalue weighted by Gasteiger charge is -2.27.